The van der Waals surface area contributed by atoms with Gasteiger partial charge in [0.2, 0.25) is 0 Å². The third kappa shape index (κ3) is 1.30. The van der Waals surface area contributed by atoms with Crippen LogP contribution >= 0.6 is 0 Å². The zero-order valence-electron chi connectivity index (χ0n) is 7.16. The van der Waals surface area contributed by atoms with Crippen LogP contribution in [0.3, 0.4) is 0 Å². The van der Waals surface area contributed by atoms with Crippen molar-refractivity contribution in [2.24, 2.45) is 5.92 Å². The molecular weight excluding hydrogens is 138 g/mol. The lowest BCUT2D eigenvalue weighted by atomic mass is 9.98. The highest BCUT2D eigenvalue weighted by atomic mass is 16.3. The molecule has 64 valence electrons. The van der Waals surface area contributed by atoms with Gasteiger partial charge in [-0.05, 0) is 25.2 Å². The Morgan fingerprint density at radius 1 is 1.27 bits per heavy atom. The summed E-state index contributed by atoms with van der Waals surface area (Å²) >= 11 is 0. The van der Waals surface area contributed by atoms with Crippen LogP contribution in [0.4, 0.5) is 0 Å². The first-order valence-corrected chi connectivity index (χ1v) is 4.69. The lowest BCUT2D eigenvalue weighted by Gasteiger charge is -2.42. The van der Waals surface area contributed by atoms with Crippen molar-refractivity contribution in [1.29, 1.82) is 0 Å². The smallest absolute Gasteiger partial charge is 0.0695 e. The first-order chi connectivity index (χ1) is 5.27. The maximum atomic E-state index is 9.57. The van der Waals surface area contributed by atoms with Gasteiger partial charge in [0, 0.05) is 19.1 Å². The highest BCUT2D eigenvalue weighted by Crippen LogP contribution is 2.29. The number of hydrogen-bond acceptors (Lipinski definition) is 2. The van der Waals surface area contributed by atoms with Gasteiger partial charge in [-0.3, -0.25) is 4.90 Å². The molecule has 1 N–H and O–H groups in total. The predicted octanol–water partition coefficient (Wildman–Crippen LogP) is 0.851. The predicted molar refractivity (Wildman–Crippen MR) is 44.4 cm³/mol. The van der Waals surface area contributed by atoms with Crippen molar-refractivity contribution in [1.82, 2.24) is 4.90 Å². The standard InChI is InChI=1S/C9H17NO/c1-7-5-10(6-7)8-3-2-4-9(8)11/h7-9,11H,2-6H2,1H3. The third-order valence-corrected chi connectivity index (χ3v) is 3.01. The fraction of sp³-hybridized carbons (Fsp3) is 1.00. The van der Waals surface area contributed by atoms with E-state index in [1.54, 1.807) is 0 Å². The van der Waals surface area contributed by atoms with Crippen molar-refractivity contribution >= 4 is 0 Å². The molecule has 0 aromatic heterocycles. The molecule has 2 atom stereocenters. The van der Waals surface area contributed by atoms with Crippen LogP contribution in [0.1, 0.15) is 26.2 Å². The Balaban J connectivity index is 1.85. The van der Waals surface area contributed by atoms with Gasteiger partial charge >= 0.3 is 0 Å². The summed E-state index contributed by atoms with van der Waals surface area (Å²) in [5, 5.41) is 9.57. The normalized spacial score (nSPS) is 40.9. The van der Waals surface area contributed by atoms with Gasteiger partial charge in [0.1, 0.15) is 0 Å². The molecule has 0 amide bonds. The first kappa shape index (κ1) is 7.56. The molecule has 2 rings (SSSR count). The van der Waals surface area contributed by atoms with Gasteiger partial charge in [0.05, 0.1) is 6.10 Å². The van der Waals surface area contributed by atoms with Gasteiger partial charge in [-0.1, -0.05) is 6.92 Å². The summed E-state index contributed by atoms with van der Waals surface area (Å²) in [5.74, 6) is 0.864. The van der Waals surface area contributed by atoms with Crippen LogP contribution < -0.4 is 0 Å². The van der Waals surface area contributed by atoms with Gasteiger partial charge in [0.25, 0.3) is 0 Å². The molecule has 0 aromatic carbocycles. The summed E-state index contributed by atoms with van der Waals surface area (Å²) in [4.78, 5) is 2.43. The van der Waals surface area contributed by atoms with Crippen molar-refractivity contribution in [3.63, 3.8) is 0 Å². The van der Waals surface area contributed by atoms with Crippen LogP contribution in [0.5, 0.6) is 0 Å². The molecule has 2 fully saturated rings. The number of aliphatic hydroxyl groups is 1. The number of rotatable bonds is 1. The molecule has 0 bridgehead atoms. The van der Waals surface area contributed by atoms with E-state index in [4.69, 9.17) is 0 Å². The molecule has 2 unspecified atom stereocenters. The Morgan fingerprint density at radius 2 is 2.00 bits per heavy atom. The largest absolute Gasteiger partial charge is 0.391 e. The lowest BCUT2D eigenvalue weighted by molar-refractivity contribution is 0.00462. The van der Waals surface area contributed by atoms with E-state index >= 15 is 0 Å². The average molecular weight is 155 g/mol. The van der Waals surface area contributed by atoms with Gasteiger partial charge in [0.15, 0.2) is 0 Å². The summed E-state index contributed by atoms with van der Waals surface area (Å²) in [6, 6.07) is 0.506. The monoisotopic (exact) mass is 155 g/mol. The van der Waals surface area contributed by atoms with Crippen LogP contribution in [-0.4, -0.2) is 35.2 Å². The number of hydrogen-bond donors (Lipinski definition) is 1. The molecule has 1 aliphatic heterocycles. The number of likely N-dealkylation sites (tertiary alicyclic amines) is 1. The van der Waals surface area contributed by atoms with Crippen LogP contribution in [-0.2, 0) is 0 Å². The van der Waals surface area contributed by atoms with Crippen molar-refractivity contribution in [3.8, 4) is 0 Å². The minimum Gasteiger partial charge on any atom is -0.391 e. The summed E-state index contributed by atoms with van der Waals surface area (Å²) in [6.07, 6.45) is 3.43. The molecule has 1 saturated carbocycles. The van der Waals surface area contributed by atoms with E-state index in [-0.39, 0.29) is 6.10 Å². The van der Waals surface area contributed by atoms with Gasteiger partial charge in [-0.25, -0.2) is 0 Å². The Labute approximate surface area is 68.2 Å². The fourth-order valence-electron chi connectivity index (χ4n) is 2.36. The molecule has 2 nitrogen and oxygen atoms in total. The molecule has 2 aliphatic rings. The van der Waals surface area contributed by atoms with E-state index in [1.165, 1.54) is 25.9 Å². The zero-order chi connectivity index (χ0) is 7.84. The van der Waals surface area contributed by atoms with E-state index < -0.39 is 0 Å². The van der Waals surface area contributed by atoms with Crippen molar-refractivity contribution in [3.05, 3.63) is 0 Å². The Hall–Kier alpha value is -0.0800. The zero-order valence-corrected chi connectivity index (χ0v) is 7.16. The maximum absolute atomic E-state index is 9.57. The fourth-order valence-corrected chi connectivity index (χ4v) is 2.36. The molecule has 1 aliphatic carbocycles. The van der Waals surface area contributed by atoms with Crippen LogP contribution in [0.15, 0.2) is 0 Å². The molecule has 1 saturated heterocycles. The first-order valence-electron chi connectivity index (χ1n) is 4.69. The second-order valence-electron chi connectivity index (χ2n) is 4.12. The van der Waals surface area contributed by atoms with Crippen LogP contribution in [0.2, 0.25) is 0 Å². The van der Waals surface area contributed by atoms with E-state index in [2.05, 4.69) is 11.8 Å². The number of nitrogens with zero attached hydrogens (tertiary/aromatic N) is 1. The van der Waals surface area contributed by atoms with E-state index in [0.29, 0.717) is 6.04 Å². The van der Waals surface area contributed by atoms with Crippen molar-refractivity contribution in [2.75, 3.05) is 13.1 Å². The minimum atomic E-state index is -0.0255. The second-order valence-corrected chi connectivity index (χ2v) is 4.12. The molecule has 11 heavy (non-hydrogen) atoms. The Morgan fingerprint density at radius 3 is 2.45 bits per heavy atom. The minimum absolute atomic E-state index is 0.0255. The van der Waals surface area contributed by atoms with Crippen LogP contribution in [0, 0.1) is 5.92 Å². The third-order valence-electron chi connectivity index (χ3n) is 3.01. The molecule has 0 radical (unpaired) electrons. The molecule has 2 heteroatoms. The van der Waals surface area contributed by atoms with E-state index in [0.717, 1.165) is 12.3 Å². The van der Waals surface area contributed by atoms with Gasteiger partial charge < -0.3 is 5.11 Å². The second kappa shape index (κ2) is 2.76. The van der Waals surface area contributed by atoms with Gasteiger partial charge in [-0.15, -0.1) is 0 Å². The quantitative estimate of drug-likeness (QED) is 0.607. The SMILES string of the molecule is CC1CN(C2CCCC2O)C1. The van der Waals surface area contributed by atoms with Crippen LogP contribution in [0.25, 0.3) is 0 Å². The summed E-state index contributed by atoms with van der Waals surface area (Å²) in [7, 11) is 0. The van der Waals surface area contributed by atoms with Crippen molar-refractivity contribution in [2.45, 2.75) is 38.3 Å². The van der Waals surface area contributed by atoms with E-state index in [1.807, 2.05) is 0 Å². The van der Waals surface area contributed by atoms with Crippen molar-refractivity contribution < 1.29 is 5.11 Å². The highest BCUT2D eigenvalue weighted by Gasteiger charge is 2.36. The average Bonchev–Trinajstić information content (AvgIpc) is 2.29. The van der Waals surface area contributed by atoms with Gasteiger partial charge in [-0.2, -0.15) is 0 Å². The summed E-state index contributed by atoms with van der Waals surface area (Å²) < 4.78 is 0. The molecule has 1 heterocycles. The molecular formula is C9H17NO. The Bertz CT molecular complexity index is 142. The summed E-state index contributed by atoms with van der Waals surface area (Å²) in [5.41, 5.74) is 0. The Kier molecular flexibility index (Phi) is 1.90. The maximum Gasteiger partial charge on any atom is 0.0695 e. The topological polar surface area (TPSA) is 23.5 Å². The summed E-state index contributed by atoms with van der Waals surface area (Å²) in [6.45, 7) is 4.70. The molecule has 0 spiro atoms. The molecule has 0 aromatic rings. The van der Waals surface area contributed by atoms with E-state index in [9.17, 15) is 5.11 Å². The highest BCUT2D eigenvalue weighted by molar-refractivity contribution is 4.90. The number of aliphatic hydroxyl groups excluding tert-OH is 1. The lowest BCUT2D eigenvalue weighted by Crippen LogP contribution is -2.53.